The van der Waals surface area contributed by atoms with Crippen LogP contribution >= 0.6 is 24.0 Å². The monoisotopic (exact) mass is 354 g/mol. The molecule has 1 aromatic rings. The van der Waals surface area contributed by atoms with Crippen LogP contribution in [0.25, 0.3) is 0 Å². The highest BCUT2D eigenvalue weighted by Gasteiger charge is 2.39. The van der Waals surface area contributed by atoms with Crippen LogP contribution in [0.5, 0.6) is 5.75 Å². The van der Waals surface area contributed by atoms with Crippen molar-refractivity contribution in [2.75, 3.05) is 11.9 Å². The molecule has 124 valence electrons. The standard InChI is InChI=1S/C14H17ClF2N2O2.ClH/c15-10-7-9(3-4-11(10)21-13(16)17)19-12(20)14(8-18)5-1-2-6-14;/h3-4,7,13H,1-2,5-6,8,18H2,(H,19,20);1H. The Kier molecular flexibility index (Phi) is 6.84. The first-order valence-corrected chi connectivity index (χ1v) is 7.10. The Bertz CT molecular complexity index is 524. The molecule has 1 aliphatic carbocycles. The summed E-state index contributed by atoms with van der Waals surface area (Å²) in [5, 5.41) is 2.77. The molecule has 1 fully saturated rings. The Balaban J connectivity index is 0.00000242. The van der Waals surface area contributed by atoms with Crippen molar-refractivity contribution in [3.63, 3.8) is 0 Å². The van der Waals surface area contributed by atoms with E-state index in [0.717, 1.165) is 25.7 Å². The molecule has 8 heteroatoms. The normalized spacial score (nSPS) is 16.2. The summed E-state index contributed by atoms with van der Waals surface area (Å²) in [6, 6.07) is 4.16. The molecule has 1 aliphatic rings. The largest absolute Gasteiger partial charge is 0.433 e. The van der Waals surface area contributed by atoms with Crippen LogP contribution < -0.4 is 15.8 Å². The molecule has 2 rings (SSSR count). The smallest absolute Gasteiger partial charge is 0.387 e. The number of hydrogen-bond donors (Lipinski definition) is 2. The number of hydrogen-bond acceptors (Lipinski definition) is 3. The fourth-order valence-electron chi connectivity index (χ4n) is 2.61. The zero-order valence-corrected chi connectivity index (χ0v) is 13.4. The van der Waals surface area contributed by atoms with Crippen molar-refractivity contribution in [1.82, 2.24) is 0 Å². The molecule has 0 aromatic heterocycles. The van der Waals surface area contributed by atoms with Gasteiger partial charge in [-0.15, -0.1) is 12.4 Å². The second-order valence-corrected chi connectivity index (χ2v) is 5.58. The van der Waals surface area contributed by atoms with Crippen LogP contribution in [0.4, 0.5) is 14.5 Å². The van der Waals surface area contributed by atoms with E-state index < -0.39 is 12.0 Å². The Morgan fingerprint density at radius 3 is 2.55 bits per heavy atom. The van der Waals surface area contributed by atoms with Crippen LogP contribution in [-0.4, -0.2) is 19.1 Å². The SMILES string of the molecule is Cl.NCC1(C(=O)Nc2ccc(OC(F)F)c(Cl)c2)CCCC1. The Morgan fingerprint density at radius 1 is 1.41 bits per heavy atom. The maximum absolute atomic E-state index is 12.4. The number of alkyl halides is 2. The third kappa shape index (κ3) is 4.21. The first-order valence-electron chi connectivity index (χ1n) is 6.73. The van der Waals surface area contributed by atoms with Crippen molar-refractivity contribution in [2.45, 2.75) is 32.3 Å². The molecular formula is C14H18Cl2F2N2O2. The fourth-order valence-corrected chi connectivity index (χ4v) is 2.83. The summed E-state index contributed by atoms with van der Waals surface area (Å²) in [4.78, 5) is 12.4. The molecule has 22 heavy (non-hydrogen) atoms. The topological polar surface area (TPSA) is 64.4 Å². The highest BCUT2D eigenvalue weighted by Crippen LogP contribution is 2.38. The molecule has 0 spiro atoms. The van der Waals surface area contributed by atoms with E-state index in [-0.39, 0.29) is 29.1 Å². The van der Waals surface area contributed by atoms with Gasteiger partial charge in [-0.1, -0.05) is 24.4 Å². The van der Waals surface area contributed by atoms with Crippen LogP contribution in [0.15, 0.2) is 18.2 Å². The molecule has 1 aromatic carbocycles. The molecule has 0 unspecified atom stereocenters. The van der Waals surface area contributed by atoms with Crippen LogP contribution in [0.3, 0.4) is 0 Å². The minimum atomic E-state index is -2.94. The van der Waals surface area contributed by atoms with Gasteiger partial charge < -0.3 is 15.8 Å². The minimum Gasteiger partial charge on any atom is -0.433 e. The van der Waals surface area contributed by atoms with Gasteiger partial charge in [0.2, 0.25) is 5.91 Å². The van der Waals surface area contributed by atoms with E-state index in [1.54, 1.807) is 0 Å². The van der Waals surface area contributed by atoms with Gasteiger partial charge in [0.1, 0.15) is 5.75 Å². The molecule has 0 bridgehead atoms. The molecule has 0 atom stereocenters. The lowest BCUT2D eigenvalue weighted by molar-refractivity contribution is -0.124. The maximum Gasteiger partial charge on any atom is 0.387 e. The summed E-state index contributed by atoms with van der Waals surface area (Å²) in [7, 11) is 0. The van der Waals surface area contributed by atoms with E-state index in [4.69, 9.17) is 17.3 Å². The molecule has 0 aliphatic heterocycles. The first kappa shape index (κ1) is 18.9. The van der Waals surface area contributed by atoms with Crippen molar-refractivity contribution in [2.24, 2.45) is 11.1 Å². The highest BCUT2D eigenvalue weighted by molar-refractivity contribution is 6.32. The molecule has 0 heterocycles. The lowest BCUT2D eigenvalue weighted by atomic mass is 9.85. The summed E-state index contributed by atoms with van der Waals surface area (Å²) in [6.07, 6.45) is 3.48. The average molecular weight is 355 g/mol. The zero-order valence-electron chi connectivity index (χ0n) is 11.8. The van der Waals surface area contributed by atoms with E-state index in [1.165, 1.54) is 18.2 Å². The van der Waals surface area contributed by atoms with Crippen molar-refractivity contribution >= 4 is 35.6 Å². The van der Waals surface area contributed by atoms with Gasteiger partial charge in [0.15, 0.2) is 0 Å². The number of halogens is 4. The number of rotatable bonds is 5. The van der Waals surface area contributed by atoms with Gasteiger partial charge in [-0.05, 0) is 31.0 Å². The van der Waals surface area contributed by atoms with Gasteiger partial charge in [-0.3, -0.25) is 4.79 Å². The van der Waals surface area contributed by atoms with E-state index in [9.17, 15) is 13.6 Å². The van der Waals surface area contributed by atoms with Crippen molar-refractivity contribution < 1.29 is 18.3 Å². The van der Waals surface area contributed by atoms with E-state index in [2.05, 4.69) is 10.1 Å². The van der Waals surface area contributed by atoms with Crippen LogP contribution in [0.2, 0.25) is 5.02 Å². The number of anilines is 1. The number of nitrogens with two attached hydrogens (primary N) is 1. The predicted molar refractivity (Wildman–Crippen MR) is 83.9 cm³/mol. The fraction of sp³-hybridized carbons (Fsp3) is 0.500. The van der Waals surface area contributed by atoms with Gasteiger partial charge >= 0.3 is 6.61 Å². The lowest BCUT2D eigenvalue weighted by Gasteiger charge is -2.25. The minimum absolute atomic E-state index is 0. The van der Waals surface area contributed by atoms with Crippen LogP contribution in [0.1, 0.15) is 25.7 Å². The third-order valence-electron chi connectivity index (χ3n) is 3.84. The van der Waals surface area contributed by atoms with Crippen molar-refractivity contribution in [3.05, 3.63) is 23.2 Å². The number of amides is 1. The lowest BCUT2D eigenvalue weighted by Crippen LogP contribution is -2.40. The Labute approximate surface area is 138 Å². The molecule has 3 N–H and O–H groups in total. The summed E-state index contributed by atoms with van der Waals surface area (Å²) in [6.45, 7) is -2.65. The maximum atomic E-state index is 12.4. The average Bonchev–Trinajstić information content (AvgIpc) is 2.91. The van der Waals surface area contributed by atoms with Gasteiger partial charge in [-0.25, -0.2) is 0 Å². The van der Waals surface area contributed by atoms with Crippen LogP contribution in [-0.2, 0) is 4.79 Å². The third-order valence-corrected chi connectivity index (χ3v) is 4.13. The zero-order chi connectivity index (χ0) is 15.5. The van der Waals surface area contributed by atoms with Crippen molar-refractivity contribution in [1.29, 1.82) is 0 Å². The first-order chi connectivity index (χ1) is 9.97. The number of carbonyl (C=O) groups excluding carboxylic acids is 1. The highest BCUT2D eigenvalue weighted by atomic mass is 35.5. The second-order valence-electron chi connectivity index (χ2n) is 5.17. The summed E-state index contributed by atoms with van der Waals surface area (Å²) >= 11 is 5.85. The Hall–Kier alpha value is -1.11. The molecule has 0 radical (unpaired) electrons. The van der Waals surface area contributed by atoms with E-state index in [0.29, 0.717) is 12.2 Å². The second kappa shape index (κ2) is 7.94. The predicted octanol–water partition coefficient (Wildman–Crippen LogP) is 3.82. The summed E-state index contributed by atoms with van der Waals surface area (Å²) in [5.74, 6) is -0.278. The van der Waals surface area contributed by atoms with Gasteiger partial charge in [0.25, 0.3) is 0 Å². The molecule has 1 amide bonds. The number of carbonyl (C=O) groups is 1. The number of benzene rings is 1. The summed E-state index contributed by atoms with van der Waals surface area (Å²) < 4.78 is 28.5. The van der Waals surface area contributed by atoms with Crippen LogP contribution in [0, 0.1) is 5.41 Å². The molecule has 4 nitrogen and oxygen atoms in total. The molecule has 1 saturated carbocycles. The number of nitrogens with one attached hydrogen (secondary N) is 1. The van der Waals surface area contributed by atoms with E-state index in [1.807, 2.05) is 0 Å². The number of ether oxygens (including phenoxy) is 1. The van der Waals surface area contributed by atoms with Gasteiger partial charge in [-0.2, -0.15) is 8.78 Å². The quantitative estimate of drug-likeness (QED) is 0.844. The molecular weight excluding hydrogens is 337 g/mol. The Morgan fingerprint density at radius 2 is 2.05 bits per heavy atom. The summed E-state index contributed by atoms with van der Waals surface area (Å²) in [5.41, 5.74) is 5.64. The van der Waals surface area contributed by atoms with E-state index >= 15 is 0 Å². The van der Waals surface area contributed by atoms with Gasteiger partial charge in [0.05, 0.1) is 10.4 Å². The van der Waals surface area contributed by atoms with Crippen molar-refractivity contribution in [3.8, 4) is 5.75 Å². The molecule has 0 saturated heterocycles. The van der Waals surface area contributed by atoms with Gasteiger partial charge in [0, 0.05) is 12.2 Å².